The number of thiazole rings is 1. The summed E-state index contributed by atoms with van der Waals surface area (Å²) >= 11 is 1.64. The Hall–Kier alpha value is -0.660. The van der Waals surface area contributed by atoms with Crippen LogP contribution in [0.1, 0.15) is 11.8 Å². The summed E-state index contributed by atoms with van der Waals surface area (Å²) in [6, 6.07) is 0. The Kier molecular flexibility index (Phi) is 4.01. The van der Waals surface area contributed by atoms with E-state index < -0.39 is 9.84 Å². The van der Waals surface area contributed by atoms with Crippen LogP contribution in [0.3, 0.4) is 0 Å². The minimum atomic E-state index is -2.78. The fourth-order valence-corrected chi connectivity index (χ4v) is 3.94. The lowest BCUT2D eigenvalue weighted by Crippen LogP contribution is -2.39. The molecule has 1 aliphatic rings. The summed E-state index contributed by atoms with van der Waals surface area (Å²) in [7, 11) is -2.78. The second-order valence-electron chi connectivity index (χ2n) is 4.09. The predicted molar refractivity (Wildman–Crippen MR) is 70.2 cm³/mol. The predicted octanol–water partition coefficient (Wildman–Crippen LogP) is 0.805. The minimum absolute atomic E-state index is 0.284. The van der Waals surface area contributed by atoms with Gasteiger partial charge in [-0.15, -0.1) is 11.3 Å². The first kappa shape index (κ1) is 12.8. The van der Waals surface area contributed by atoms with Crippen molar-refractivity contribution in [2.75, 3.05) is 36.5 Å². The molecule has 1 aromatic heterocycles. The van der Waals surface area contributed by atoms with Crippen molar-refractivity contribution in [1.82, 2.24) is 9.88 Å². The van der Waals surface area contributed by atoms with E-state index in [-0.39, 0.29) is 11.5 Å². The van der Waals surface area contributed by atoms with Crippen molar-refractivity contribution in [2.45, 2.75) is 13.5 Å². The number of aromatic nitrogens is 1. The van der Waals surface area contributed by atoms with Gasteiger partial charge in [0.05, 0.1) is 11.5 Å². The Morgan fingerprint density at radius 1 is 1.47 bits per heavy atom. The van der Waals surface area contributed by atoms with Crippen LogP contribution in [0.4, 0.5) is 5.13 Å². The van der Waals surface area contributed by atoms with Gasteiger partial charge in [-0.25, -0.2) is 13.4 Å². The molecule has 0 bridgehead atoms. The third-order valence-corrected chi connectivity index (χ3v) is 5.25. The van der Waals surface area contributed by atoms with Crippen molar-refractivity contribution < 1.29 is 8.42 Å². The van der Waals surface area contributed by atoms with E-state index in [1.807, 2.05) is 13.1 Å². The maximum absolute atomic E-state index is 11.3. The van der Waals surface area contributed by atoms with E-state index in [4.69, 9.17) is 0 Å². The number of rotatable bonds is 4. The third kappa shape index (κ3) is 3.65. The molecule has 1 N–H and O–H groups in total. The molecule has 0 spiro atoms. The number of anilines is 1. The molecule has 1 aromatic rings. The highest BCUT2D eigenvalue weighted by Crippen LogP contribution is 2.20. The molecule has 0 amide bonds. The van der Waals surface area contributed by atoms with Crippen LogP contribution in [0.15, 0.2) is 6.20 Å². The zero-order chi connectivity index (χ0) is 12.3. The second kappa shape index (κ2) is 5.32. The Morgan fingerprint density at radius 3 is 2.82 bits per heavy atom. The zero-order valence-electron chi connectivity index (χ0n) is 9.85. The molecule has 5 nitrogen and oxygen atoms in total. The topological polar surface area (TPSA) is 62.3 Å². The normalized spacial score (nSPS) is 20.3. The maximum atomic E-state index is 11.3. The number of nitrogens with one attached hydrogen (secondary N) is 1. The quantitative estimate of drug-likeness (QED) is 0.881. The van der Waals surface area contributed by atoms with E-state index in [0.29, 0.717) is 13.1 Å². The van der Waals surface area contributed by atoms with E-state index in [2.05, 4.69) is 15.2 Å². The van der Waals surface area contributed by atoms with Gasteiger partial charge in [0.25, 0.3) is 0 Å². The molecule has 96 valence electrons. The molecule has 2 rings (SSSR count). The number of nitrogens with zero attached hydrogens (tertiary/aromatic N) is 2. The third-order valence-electron chi connectivity index (χ3n) is 2.70. The molecule has 0 aromatic carbocycles. The maximum Gasteiger partial charge on any atom is 0.182 e. The van der Waals surface area contributed by atoms with Crippen LogP contribution in [-0.2, 0) is 16.4 Å². The van der Waals surface area contributed by atoms with Crippen molar-refractivity contribution in [3.63, 3.8) is 0 Å². The van der Waals surface area contributed by atoms with Crippen LogP contribution in [0.2, 0.25) is 0 Å². The van der Waals surface area contributed by atoms with Gasteiger partial charge in [0.2, 0.25) is 0 Å². The van der Waals surface area contributed by atoms with Gasteiger partial charge in [-0.3, -0.25) is 4.90 Å². The monoisotopic (exact) mass is 275 g/mol. The first-order valence-electron chi connectivity index (χ1n) is 5.70. The molecule has 0 aliphatic carbocycles. The molecule has 1 fully saturated rings. The average Bonchev–Trinajstić information content (AvgIpc) is 2.70. The lowest BCUT2D eigenvalue weighted by Gasteiger charge is -2.25. The summed E-state index contributed by atoms with van der Waals surface area (Å²) in [5.41, 5.74) is 0. The van der Waals surface area contributed by atoms with Crippen LogP contribution >= 0.6 is 11.3 Å². The first-order valence-corrected chi connectivity index (χ1v) is 8.34. The van der Waals surface area contributed by atoms with Gasteiger partial charge in [-0.05, 0) is 6.92 Å². The smallest absolute Gasteiger partial charge is 0.182 e. The summed E-state index contributed by atoms with van der Waals surface area (Å²) in [4.78, 5) is 7.61. The van der Waals surface area contributed by atoms with Crippen LogP contribution in [0, 0.1) is 0 Å². The molecule has 0 atom stereocenters. The summed E-state index contributed by atoms with van der Waals surface area (Å²) in [6.45, 7) is 4.98. The molecule has 1 aliphatic heterocycles. The number of sulfone groups is 1. The van der Waals surface area contributed by atoms with Crippen molar-refractivity contribution in [1.29, 1.82) is 0 Å². The van der Waals surface area contributed by atoms with Crippen molar-refractivity contribution in [2.24, 2.45) is 0 Å². The SMILES string of the molecule is CCNc1ncc(CN2CCS(=O)(=O)CC2)s1. The molecule has 7 heteroatoms. The standard InChI is InChI=1S/C10H17N3O2S2/c1-2-11-10-12-7-9(16-10)8-13-3-5-17(14,15)6-4-13/h7H,2-6,8H2,1H3,(H,11,12). The second-order valence-corrected chi connectivity index (χ2v) is 7.51. The minimum Gasteiger partial charge on any atom is -0.362 e. The van der Waals surface area contributed by atoms with Crippen LogP contribution in [-0.4, -0.2) is 49.4 Å². The highest BCUT2D eigenvalue weighted by molar-refractivity contribution is 7.91. The van der Waals surface area contributed by atoms with Gasteiger partial charge < -0.3 is 5.32 Å². The fourth-order valence-electron chi connectivity index (χ4n) is 1.74. The number of hydrogen-bond donors (Lipinski definition) is 1. The highest BCUT2D eigenvalue weighted by Gasteiger charge is 2.21. The van der Waals surface area contributed by atoms with Crippen LogP contribution in [0.5, 0.6) is 0 Å². The molecular formula is C10H17N3O2S2. The molecule has 1 saturated heterocycles. The van der Waals surface area contributed by atoms with E-state index in [0.717, 1.165) is 18.2 Å². The average molecular weight is 275 g/mol. The van der Waals surface area contributed by atoms with Crippen LogP contribution < -0.4 is 5.32 Å². The Labute approximate surface area is 106 Å². The Balaban J connectivity index is 1.88. The summed E-state index contributed by atoms with van der Waals surface area (Å²) in [5.74, 6) is 0.567. The summed E-state index contributed by atoms with van der Waals surface area (Å²) in [5, 5.41) is 4.11. The van der Waals surface area contributed by atoms with Gasteiger partial charge in [-0.1, -0.05) is 0 Å². The highest BCUT2D eigenvalue weighted by atomic mass is 32.2. The lowest BCUT2D eigenvalue weighted by molar-refractivity contribution is 0.290. The molecule has 2 heterocycles. The van der Waals surface area contributed by atoms with E-state index in [1.54, 1.807) is 11.3 Å². The van der Waals surface area contributed by atoms with Gasteiger partial charge in [-0.2, -0.15) is 0 Å². The van der Waals surface area contributed by atoms with Gasteiger partial charge in [0.15, 0.2) is 15.0 Å². The van der Waals surface area contributed by atoms with Crippen molar-refractivity contribution >= 4 is 26.3 Å². The molecule has 17 heavy (non-hydrogen) atoms. The summed E-state index contributed by atoms with van der Waals surface area (Å²) < 4.78 is 22.6. The van der Waals surface area contributed by atoms with Crippen molar-refractivity contribution in [3.05, 3.63) is 11.1 Å². The van der Waals surface area contributed by atoms with Gasteiger partial charge in [0, 0.05) is 37.3 Å². The lowest BCUT2D eigenvalue weighted by atomic mass is 10.4. The first-order chi connectivity index (χ1) is 8.09. The molecular weight excluding hydrogens is 258 g/mol. The molecule has 0 radical (unpaired) electrons. The molecule has 0 saturated carbocycles. The van der Waals surface area contributed by atoms with Crippen molar-refractivity contribution in [3.8, 4) is 0 Å². The molecule has 0 unspecified atom stereocenters. The van der Waals surface area contributed by atoms with Gasteiger partial charge >= 0.3 is 0 Å². The van der Waals surface area contributed by atoms with Crippen LogP contribution in [0.25, 0.3) is 0 Å². The van der Waals surface area contributed by atoms with Gasteiger partial charge in [0.1, 0.15) is 0 Å². The van der Waals surface area contributed by atoms with E-state index >= 15 is 0 Å². The Bertz CT molecular complexity index is 456. The zero-order valence-corrected chi connectivity index (χ0v) is 11.5. The van der Waals surface area contributed by atoms with E-state index in [9.17, 15) is 8.42 Å². The Morgan fingerprint density at radius 2 is 2.18 bits per heavy atom. The largest absolute Gasteiger partial charge is 0.362 e. The number of hydrogen-bond acceptors (Lipinski definition) is 6. The van der Waals surface area contributed by atoms with E-state index in [1.165, 1.54) is 4.88 Å². The summed E-state index contributed by atoms with van der Waals surface area (Å²) in [6.07, 6.45) is 1.87. The fraction of sp³-hybridized carbons (Fsp3) is 0.700.